The first-order chi connectivity index (χ1) is 10.7. The lowest BCUT2D eigenvalue weighted by molar-refractivity contribution is -0.124. The van der Waals surface area contributed by atoms with Crippen LogP contribution in [0.4, 0.5) is 0 Å². The Morgan fingerprint density at radius 3 is 2.50 bits per heavy atom. The molecule has 4 nitrogen and oxygen atoms in total. The lowest BCUT2D eigenvalue weighted by Gasteiger charge is -2.24. The Morgan fingerprint density at radius 2 is 1.86 bits per heavy atom. The van der Waals surface area contributed by atoms with Crippen LogP contribution in [0.25, 0.3) is 11.1 Å². The number of hydrogen-bond donors (Lipinski definition) is 2. The molecule has 0 aromatic heterocycles. The van der Waals surface area contributed by atoms with Gasteiger partial charge in [0.05, 0.1) is 7.11 Å². The van der Waals surface area contributed by atoms with E-state index in [2.05, 4.69) is 35.8 Å². The van der Waals surface area contributed by atoms with Crippen LogP contribution in [0.5, 0.6) is 5.75 Å². The maximum atomic E-state index is 11.9. The van der Waals surface area contributed by atoms with E-state index in [0.29, 0.717) is 6.54 Å². The van der Waals surface area contributed by atoms with E-state index in [4.69, 9.17) is 4.74 Å². The highest BCUT2D eigenvalue weighted by atomic mass is 16.5. The fourth-order valence-electron chi connectivity index (χ4n) is 2.81. The third-order valence-corrected chi connectivity index (χ3v) is 4.02. The molecule has 114 valence electrons. The van der Waals surface area contributed by atoms with Crippen LogP contribution in [0, 0.1) is 6.92 Å². The zero-order valence-corrected chi connectivity index (χ0v) is 12.8. The second-order valence-electron chi connectivity index (χ2n) is 5.48. The standard InChI is InChI=1S/C18H20N2O2/c1-12-11-15(22-2)7-8-16(12)13-3-5-14(6-4-13)17-18(21)20-10-9-19-17/h3-8,11,17,19H,9-10H2,1-2H3,(H,20,21). The summed E-state index contributed by atoms with van der Waals surface area (Å²) in [5.74, 6) is 0.903. The molecule has 1 aliphatic heterocycles. The Hall–Kier alpha value is -2.33. The minimum atomic E-state index is -0.250. The third-order valence-electron chi connectivity index (χ3n) is 4.02. The van der Waals surface area contributed by atoms with Crippen LogP contribution in [0.2, 0.25) is 0 Å². The highest BCUT2D eigenvalue weighted by Gasteiger charge is 2.22. The van der Waals surface area contributed by atoms with Crippen LogP contribution in [0.1, 0.15) is 17.2 Å². The maximum absolute atomic E-state index is 11.9. The van der Waals surface area contributed by atoms with Gasteiger partial charge in [-0.25, -0.2) is 0 Å². The molecule has 0 radical (unpaired) electrons. The molecule has 1 amide bonds. The molecule has 0 aliphatic carbocycles. The summed E-state index contributed by atoms with van der Waals surface area (Å²) in [6.07, 6.45) is 0. The van der Waals surface area contributed by atoms with E-state index in [-0.39, 0.29) is 11.9 Å². The summed E-state index contributed by atoms with van der Waals surface area (Å²) in [4.78, 5) is 11.9. The average molecular weight is 296 g/mol. The number of rotatable bonds is 3. The van der Waals surface area contributed by atoms with Gasteiger partial charge < -0.3 is 15.4 Å². The summed E-state index contributed by atoms with van der Waals surface area (Å²) >= 11 is 0. The van der Waals surface area contributed by atoms with Gasteiger partial charge in [0.15, 0.2) is 0 Å². The topological polar surface area (TPSA) is 50.4 Å². The van der Waals surface area contributed by atoms with Gasteiger partial charge in [0.25, 0.3) is 0 Å². The highest BCUT2D eigenvalue weighted by Crippen LogP contribution is 2.28. The number of nitrogens with one attached hydrogen (secondary N) is 2. The van der Waals surface area contributed by atoms with Gasteiger partial charge in [-0.2, -0.15) is 0 Å². The number of piperazine rings is 1. The molecule has 1 heterocycles. The number of carbonyl (C=O) groups is 1. The Labute approximate surface area is 130 Å². The molecule has 1 unspecified atom stereocenters. The van der Waals surface area contributed by atoms with E-state index in [0.717, 1.165) is 23.4 Å². The van der Waals surface area contributed by atoms with E-state index in [9.17, 15) is 4.79 Å². The van der Waals surface area contributed by atoms with Crippen molar-refractivity contribution in [3.8, 4) is 16.9 Å². The molecule has 3 rings (SSSR count). The molecule has 2 N–H and O–H groups in total. The van der Waals surface area contributed by atoms with Gasteiger partial charge in [0.1, 0.15) is 11.8 Å². The van der Waals surface area contributed by atoms with E-state index in [1.165, 1.54) is 11.1 Å². The average Bonchev–Trinajstić information content (AvgIpc) is 2.55. The van der Waals surface area contributed by atoms with Crippen LogP contribution >= 0.6 is 0 Å². The van der Waals surface area contributed by atoms with E-state index in [1.807, 2.05) is 24.3 Å². The first-order valence-corrected chi connectivity index (χ1v) is 7.45. The number of amides is 1. The summed E-state index contributed by atoms with van der Waals surface area (Å²) < 4.78 is 5.24. The number of methoxy groups -OCH3 is 1. The first kappa shape index (κ1) is 14.6. The van der Waals surface area contributed by atoms with Crippen LogP contribution < -0.4 is 15.4 Å². The smallest absolute Gasteiger partial charge is 0.241 e. The summed E-state index contributed by atoms with van der Waals surface area (Å²) in [7, 11) is 1.67. The van der Waals surface area contributed by atoms with Crippen molar-refractivity contribution in [2.24, 2.45) is 0 Å². The quantitative estimate of drug-likeness (QED) is 0.914. The van der Waals surface area contributed by atoms with Gasteiger partial charge in [-0.3, -0.25) is 4.79 Å². The number of ether oxygens (including phenoxy) is 1. The van der Waals surface area contributed by atoms with Crippen LogP contribution in [0.3, 0.4) is 0 Å². The van der Waals surface area contributed by atoms with Gasteiger partial charge >= 0.3 is 0 Å². The fraction of sp³-hybridized carbons (Fsp3) is 0.278. The summed E-state index contributed by atoms with van der Waals surface area (Å²) in [6.45, 7) is 3.57. The molecule has 1 aliphatic rings. The molecule has 2 aromatic carbocycles. The van der Waals surface area contributed by atoms with Crippen LogP contribution in [-0.4, -0.2) is 26.1 Å². The lowest BCUT2D eigenvalue weighted by Crippen LogP contribution is -2.47. The van der Waals surface area contributed by atoms with E-state index >= 15 is 0 Å². The minimum Gasteiger partial charge on any atom is -0.497 e. The van der Waals surface area contributed by atoms with Gasteiger partial charge in [0.2, 0.25) is 5.91 Å². The van der Waals surface area contributed by atoms with Crippen molar-refractivity contribution in [1.29, 1.82) is 0 Å². The summed E-state index contributed by atoms with van der Waals surface area (Å²) in [5.41, 5.74) is 4.47. The second-order valence-corrected chi connectivity index (χ2v) is 5.48. The number of aryl methyl sites for hydroxylation is 1. The Balaban J connectivity index is 1.86. The SMILES string of the molecule is COc1ccc(-c2ccc(C3NCCNC3=O)cc2)c(C)c1. The Morgan fingerprint density at radius 1 is 1.09 bits per heavy atom. The molecule has 22 heavy (non-hydrogen) atoms. The van der Waals surface area contributed by atoms with Crippen molar-refractivity contribution < 1.29 is 9.53 Å². The molecular formula is C18H20N2O2. The van der Waals surface area contributed by atoms with E-state index < -0.39 is 0 Å². The van der Waals surface area contributed by atoms with Crippen molar-refractivity contribution in [1.82, 2.24) is 10.6 Å². The highest BCUT2D eigenvalue weighted by molar-refractivity contribution is 5.84. The van der Waals surface area contributed by atoms with Gasteiger partial charge in [-0.1, -0.05) is 30.3 Å². The number of benzene rings is 2. The van der Waals surface area contributed by atoms with Gasteiger partial charge in [-0.05, 0) is 41.3 Å². The van der Waals surface area contributed by atoms with Crippen molar-refractivity contribution in [2.45, 2.75) is 13.0 Å². The van der Waals surface area contributed by atoms with Crippen LogP contribution in [0.15, 0.2) is 42.5 Å². The Bertz CT molecular complexity index is 680. The molecule has 2 aromatic rings. The molecule has 0 bridgehead atoms. The first-order valence-electron chi connectivity index (χ1n) is 7.45. The molecular weight excluding hydrogens is 276 g/mol. The zero-order valence-electron chi connectivity index (χ0n) is 12.8. The second kappa shape index (κ2) is 6.20. The van der Waals surface area contributed by atoms with Gasteiger partial charge in [-0.15, -0.1) is 0 Å². The summed E-state index contributed by atoms with van der Waals surface area (Å²) in [5, 5.41) is 6.13. The minimum absolute atomic E-state index is 0.0413. The largest absolute Gasteiger partial charge is 0.497 e. The molecule has 1 fully saturated rings. The molecule has 0 saturated carbocycles. The predicted octanol–water partition coefficient (Wildman–Crippen LogP) is 2.43. The normalized spacial score (nSPS) is 17.9. The van der Waals surface area contributed by atoms with Crippen molar-refractivity contribution >= 4 is 5.91 Å². The molecule has 1 atom stereocenters. The number of hydrogen-bond acceptors (Lipinski definition) is 3. The predicted molar refractivity (Wildman–Crippen MR) is 86.9 cm³/mol. The third kappa shape index (κ3) is 2.83. The van der Waals surface area contributed by atoms with Crippen molar-refractivity contribution in [3.63, 3.8) is 0 Å². The van der Waals surface area contributed by atoms with Crippen LogP contribution in [-0.2, 0) is 4.79 Å². The Kier molecular flexibility index (Phi) is 4.11. The summed E-state index contributed by atoms with van der Waals surface area (Å²) in [6, 6.07) is 14.0. The van der Waals surface area contributed by atoms with Gasteiger partial charge in [0, 0.05) is 13.1 Å². The maximum Gasteiger partial charge on any atom is 0.241 e. The number of carbonyl (C=O) groups excluding carboxylic acids is 1. The fourth-order valence-corrected chi connectivity index (χ4v) is 2.81. The van der Waals surface area contributed by atoms with Crippen molar-refractivity contribution in [3.05, 3.63) is 53.6 Å². The van der Waals surface area contributed by atoms with Crippen molar-refractivity contribution in [2.75, 3.05) is 20.2 Å². The van der Waals surface area contributed by atoms with E-state index in [1.54, 1.807) is 7.11 Å². The zero-order chi connectivity index (χ0) is 15.5. The molecule has 1 saturated heterocycles. The monoisotopic (exact) mass is 296 g/mol. The molecule has 4 heteroatoms. The lowest BCUT2D eigenvalue weighted by atomic mass is 9.97. The molecule has 0 spiro atoms.